The van der Waals surface area contributed by atoms with Crippen molar-refractivity contribution in [3.63, 3.8) is 0 Å². The Hall–Kier alpha value is -9.39. The third kappa shape index (κ3) is 6.23. The molecule has 0 amide bonds. The number of hydrogen-bond donors (Lipinski definition) is 0. The highest BCUT2D eigenvalue weighted by Gasteiger charge is 2.25. The monoisotopic (exact) mass is 881 g/mol. The lowest BCUT2D eigenvalue weighted by atomic mass is 9.97. The van der Waals surface area contributed by atoms with Crippen molar-refractivity contribution in [2.45, 2.75) is 0 Å². The van der Waals surface area contributed by atoms with Gasteiger partial charge in [0.25, 0.3) is 0 Å². The SMILES string of the molecule is c1ccc(-c2ccc(-c3nc(-c4cccc5oc6cccc(-c7ccccc7)c6c45)nc(-n4c5ccccc5c5ccc6c7ccccc7n(-c7cccc(-c8ccccc8)c7)c6c54)n3)cc2)cc1. The Morgan fingerprint density at radius 3 is 1.45 bits per heavy atom. The van der Waals surface area contributed by atoms with Crippen molar-refractivity contribution in [1.82, 2.24) is 24.1 Å². The molecule has 0 saturated heterocycles. The van der Waals surface area contributed by atoms with E-state index in [1.165, 1.54) is 5.39 Å². The Labute approximate surface area is 396 Å². The van der Waals surface area contributed by atoms with Crippen molar-refractivity contribution in [1.29, 1.82) is 0 Å². The normalized spacial score (nSPS) is 11.8. The molecule has 4 aromatic heterocycles. The molecule has 322 valence electrons. The van der Waals surface area contributed by atoms with Gasteiger partial charge in [-0.15, -0.1) is 0 Å². The van der Waals surface area contributed by atoms with Gasteiger partial charge >= 0.3 is 0 Å². The first kappa shape index (κ1) is 38.8. The van der Waals surface area contributed by atoms with Crippen molar-refractivity contribution >= 4 is 65.6 Å². The van der Waals surface area contributed by atoms with E-state index in [2.05, 4.69) is 215 Å². The van der Waals surface area contributed by atoms with Gasteiger partial charge in [0.05, 0.1) is 22.1 Å². The molecular formula is C63H39N5O. The van der Waals surface area contributed by atoms with E-state index in [4.69, 9.17) is 19.4 Å². The largest absolute Gasteiger partial charge is 0.456 e. The predicted octanol–water partition coefficient (Wildman–Crippen LogP) is 16.3. The molecule has 0 unspecified atom stereocenters. The average Bonchev–Trinajstić information content (AvgIpc) is 4.10. The molecule has 10 aromatic carbocycles. The fourth-order valence-electron chi connectivity index (χ4n) is 10.5. The molecular weight excluding hydrogens is 843 g/mol. The standard InChI is InChI=1S/C63H39N5O/c1-4-17-40(18-5-1)42-33-35-44(36-34-42)61-64-62(52-28-16-32-56-58(52)57-47(27-15-31-55(57)69-56)43-21-8-3-9-22-43)66-63(65-61)68-54-30-13-11-26-49(54)51-38-37-50-48-25-10-12-29-53(48)67(59(50)60(51)68)46-24-14-23-45(39-46)41-19-6-2-7-20-41/h1-39H. The van der Waals surface area contributed by atoms with Crippen LogP contribution in [-0.4, -0.2) is 24.1 Å². The van der Waals surface area contributed by atoms with Crippen LogP contribution in [-0.2, 0) is 0 Å². The molecule has 0 aliphatic rings. The third-order valence-corrected chi connectivity index (χ3v) is 13.6. The number of hydrogen-bond acceptors (Lipinski definition) is 4. The van der Waals surface area contributed by atoms with E-state index < -0.39 is 0 Å². The molecule has 0 N–H and O–H groups in total. The second-order valence-electron chi connectivity index (χ2n) is 17.5. The van der Waals surface area contributed by atoms with Crippen LogP contribution < -0.4 is 0 Å². The van der Waals surface area contributed by atoms with Gasteiger partial charge in [0.1, 0.15) is 11.2 Å². The summed E-state index contributed by atoms with van der Waals surface area (Å²) in [4.78, 5) is 16.5. The molecule has 0 spiro atoms. The van der Waals surface area contributed by atoms with Crippen molar-refractivity contribution in [3.05, 3.63) is 237 Å². The van der Waals surface area contributed by atoms with E-state index in [0.717, 1.165) is 110 Å². The summed E-state index contributed by atoms with van der Waals surface area (Å²) in [6, 6.07) is 83.2. The predicted molar refractivity (Wildman–Crippen MR) is 283 cm³/mol. The first-order valence-corrected chi connectivity index (χ1v) is 23.3. The number of benzene rings is 10. The highest BCUT2D eigenvalue weighted by atomic mass is 16.3. The molecule has 4 heterocycles. The Bertz CT molecular complexity index is 4280. The van der Waals surface area contributed by atoms with E-state index >= 15 is 0 Å². The van der Waals surface area contributed by atoms with Crippen molar-refractivity contribution in [2.75, 3.05) is 0 Å². The molecule has 0 radical (unpaired) electrons. The molecule has 6 heteroatoms. The number of fused-ring (bicyclic) bond motifs is 10. The summed E-state index contributed by atoms with van der Waals surface area (Å²) < 4.78 is 11.3. The zero-order valence-corrected chi connectivity index (χ0v) is 37.2. The first-order chi connectivity index (χ1) is 34.2. The zero-order valence-electron chi connectivity index (χ0n) is 37.2. The summed E-state index contributed by atoms with van der Waals surface area (Å²) in [5, 5.41) is 6.49. The lowest BCUT2D eigenvalue weighted by Crippen LogP contribution is -2.07. The Balaban J connectivity index is 1.09. The van der Waals surface area contributed by atoms with Crippen LogP contribution in [0.5, 0.6) is 0 Å². The molecule has 0 fully saturated rings. The van der Waals surface area contributed by atoms with Crippen LogP contribution in [0.1, 0.15) is 0 Å². The molecule has 0 saturated carbocycles. The lowest BCUT2D eigenvalue weighted by Gasteiger charge is -2.14. The Kier molecular flexibility index (Phi) is 8.79. The zero-order chi connectivity index (χ0) is 45.4. The van der Waals surface area contributed by atoms with E-state index in [0.29, 0.717) is 17.6 Å². The van der Waals surface area contributed by atoms with Gasteiger partial charge in [-0.1, -0.05) is 200 Å². The third-order valence-electron chi connectivity index (χ3n) is 13.6. The van der Waals surface area contributed by atoms with Crippen molar-refractivity contribution in [3.8, 4) is 67.8 Å². The van der Waals surface area contributed by atoms with E-state index in [1.54, 1.807) is 0 Å². The maximum Gasteiger partial charge on any atom is 0.238 e. The van der Waals surface area contributed by atoms with Gasteiger partial charge in [0.15, 0.2) is 11.6 Å². The van der Waals surface area contributed by atoms with Gasteiger partial charge in [-0.2, -0.15) is 9.97 Å². The van der Waals surface area contributed by atoms with Gasteiger partial charge < -0.3 is 8.98 Å². The van der Waals surface area contributed by atoms with Gasteiger partial charge in [-0.3, -0.25) is 4.57 Å². The Morgan fingerprint density at radius 1 is 0.304 bits per heavy atom. The van der Waals surface area contributed by atoms with Crippen LogP contribution in [0.4, 0.5) is 0 Å². The summed E-state index contributed by atoms with van der Waals surface area (Å²) in [5.41, 5.74) is 15.3. The van der Waals surface area contributed by atoms with Crippen LogP contribution in [0.25, 0.3) is 133 Å². The van der Waals surface area contributed by atoms with Crippen molar-refractivity contribution < 1.29 is 4.42 Å². The van der Waals surface area contributed by atoms with Crippen molar-refractivity contribution in [2.24, 2.45) is 0 Å². The Morgan fingerprint density at radius 2 is 0.783 bits per heavy atom. The summed E-state index contributed by atoms with van der Waals surface area (Å²) in [6.45, 7) is 0. The number of furan rings is 1. The summed E-state index contributed by atoms with van der Waals surface area (Å²) >= 11 is 0. The van der Waals surface area contributed by atoms with Crippen LogP contribution in [0.15, 0.2) is 241 Å². The lowest BCUT2D eigenvalue weighted by molar-refractivity contribution is 0.669. The highest BCUT2D eigenvalue weighted by molar-refractivity contribution is 6.24. The highest BCUT2D eigenvalue weighted by Crippen LogP contribution is 2.44. The molecule has 0 bridgehead atoms. The topological polar surface area (TPSA) is 61.7 Å². The van der Waals surface area contributed by atoms with Crippen LogP contribution in [0, 0.1) is 0 Å². The van der Waals surface area contributed by atoms with E-state index in [9.17, 15) is 0 Å². The molecule has 0 aliphatic heterocycles. The van der Waals surface area contributed by atoms with E-state index in [1.807, 2.05) is 30.3 Å². The molecule has 14 aromatic rings. The molecule has 6 nitrogen and oxygen atoms in total. The minimum absolute atomic E-state index is 0.517. The quantitative estimate of drug-likeness (QED) is 0.160. The maximum atomic E-state index is 6.65. The molecule has 0 aliphatic carbocycles. The van der Waals surface area contributed by atoms with Gasteiger partial charge in [-0.25, -0.2) is 4.98 Å². The number of nitrogens with zero attached hydrogens (tertiary/aromatic N) is 5. The minimum atomic E-state index is 0.517. The second-order valence-corrected chi connectivity index (χ2v) is 17.5. The average molecular weight is 882 g/mol. The van der Waals surface area contributed by atoms with Gasteiger partial charge in [-0.05, 0) is 69.8 Å². The van der Waals surface area contributed by atoms with E-state index in [-0.39, 0.29) is 0 Å². The van der Waals surface area contributed by atoms with Crippen LogP contribution >= 0.6 is 0 Å². The smallest absolute Gasteiger partial charge is 0.238 e. The number of para-hydroxylation sites is 2. The van der Waals surface area contributed by atoms with Crippen LogP contribution in [0.3, 0.4) is 0 Å². The molecule has 14 rings (SSSR count). The van der Waals surface area contributed by atoms with Crippen LogP contribution in [0.2, 0.25) is 0 Å². The fraction of sp³-hybridized carbons (Fsp3) is 0. The summed E-state index contributed by atoms with van der Waals surface area (Å²) in [5.74, 6) is 1.63. The number of aromatic nitrogens is 5. The second kappa shape index (κ2) is 15.6. The summed E-state index contributed by atoms with van der Waals surface area (Å²) in [7, 11) is 0. The maximum absolute atomic E-state index is 6.65. The first-order valence-electron chi connectivity index (χ1n) is 23.3. The summed E-state index contributed by atoms with van der Waals surface area (Å²) in [6.07, 6.45) is 0. The fourth-order valence-corrected chi connectivity index (χ4v) is 10.5. The number of rotatable bonds is 7. The van der Waals surface area contributed by atoms with Gasteiger partial charge in [0.2, 0.25) is 5.95 Å². The molecule has 69 heavy (non-hydrogen) atoms. The molecule has 0 atom stereocenters. The van der Waals surface area contributed by atoms with Gasteiger partial charge in [0, 0.05) is 49.1 Å². The minimum Gasteiger partial charge on any atom is -0.456 e.